The lowest BCUT2D eigenvalue weighted by Gasteiger charge is -2.26. The molecule has 2 amide bonds. The Balaban J connectivity index is 1.80. The molecule has 34 heavy (non-hydrogen) atoms. The van der Waals surface area contributed by atoms with E-state index in [1.165, 1.54) is 0 Å². The van der Waals surface area contributed by atoms with E-state index >= 15 is 0 Å². The third-order valence-corrected chi connectivity index (χ3v) is 5.59. The minimum absolute atomic E-state index is 0.0741. The number of anilines is 2. The molecule has 6 nitrogen and oxygen atoms in total. The summed E-state index contributed by atoms with van der Waals surface area (Å²) in [5.74, 6) is 0.627. The zero-order valence-corrected chi connectivity index (χ0v) is 20.2. The summed E-state index contributed by atoms with van der Waals surface area (Å²) in [5.41, 5.74) is 3.13. The first-order chi connectivity index (χ1) is 16.6. The fourth-order valence-electron chi connectivity index (χ4n) is 3.76. The van der Waals surface area contributed by atoms with Gasteiger partial charge in [-0.05, 0) is 55.2 Å². The summed E-state index contributed by atoms with van der Waals surface area (Å²) in [5, 5.41) is 5.95. The zero-order valence-electron chi connectivity index (χ0n) is 20.2. The minimum atomic E-state index is -0.141. The van der Waals surface area contributed by atoms with E-state index < -0.39 is 0 Å². The van der Waals surface area contributed by atoms with E-state index in [0.717, 1.165) is 42.8 Å². The summed E-state index contributed by atoms with van der Waals surface area (Å²) in [6, 6.07) is 19.3. The first-order valence-electron chi connectivity index (χ1n) is 12.1. The largest absolute Gasteiger partial charge is 0.467 e. The smallest absolute Gasteiger partial charge is 0.253 e. The lowest BCUT2D eigenvalue weighted by molar-refractivity contribution is -0.116. The number of rotatable bonds is 13. The molecule has 0 bridgehead atoms. The van der Waals surface area contributed by atoms with Gasteiger partial charge in [0.15, 0.2) is 0 Å². The first kappa shape index (κ1) is 25.1. The SMILES string of the molecule is CCCCN(Cc1ccco1)c1ccc(NC(=O)CCc2ccccc2)cc1C(=O)NCCC. The van der Waals surface area contributed by atoms with Crippen molar-refractivity contribution in [1.82, 2.24) is 5.32 Å². The van der Waals surface area contributed by atoms with Crippen LogP contribution in [0.5, 0.6) is 0 Å². The maximum Gasteiger partial charge on any atom is 0.253 e. The lowest BCUT2D eigenvalue weighted by Crippen LogP contribution is -2.30. The molecular formula is C28H35N3O3. The number of furan rings is 1. The maximum absolute atomic E-state index is 13.1. The number of amides is 2. The molecule has 0 unspecified atom stereocenters. The molecule has 2 aromatic carbocycles. The van der Waals surface area contributed by atoms with Gasteiger partial charge < -0.3 is 20.0 Å². The number of nitrogens with zero attached hydrogens (tertiary/aromatic N) is 1. The van der Waals surface area contributed by atoms with E-state index in [2.05, 4.69) is 22.5 Å². The van der Waals surface area contributed by atoms with Gasteiger partial charge in [-0.25, -0.2) is 0 Å². The number of hydrogen-bond acceptors (Lipinski definition) is 4. The Morgan fingerprint density at radius 1 is 0.971 bits per heavy atom. The predicted molar refractivity (Wildman–Crippen MR) is 137 cm³/mol. The van der Waals surface area contributed by atoms with Crippen LogP contribution in [0.15, 0.2) is 71.3 Å². The number of benzene rings is 2. The molecule has 0 fully saturated rings. The average molecular weight is 462 g/mol. The topological polar surface area (TPSA) is 74.6 Å². The molecule has 1 aromatic heterocycles. The highest BCUT2D eigenvalue weighted by molar-refractivity contribution is 6.02. The number of carbonyl (C=O) groups excluding carboxylic acids is 2. The fraction of sp³-hybridized carbons (Fsp3) is 0.357. The second-order valence-electron chi connectivity index (χ2n) is 8.38. The van der Waals surface area contributed by atoms with Gasteiger partial charge >= 0.3 is 0 Å². The van der Waals surface area contributed by atoms with Crippen molar-refractivity contribution in [3.8, 4) is 0 Å². The van der Waals surface area contributed by atoms with Crippen molar-refractivity contribution in [1.29, 1.82) is 0 Å². The van der Waals surface area contributed by atoms with Gasteiger partial charge in [0.05, 0.1) is 24.1 Å². The molecule has 6 heteroatoms. The highest BCUT2D eigenvalue weighted by Crippen LogP contribution is 2.27. The molecule has 0 saturated carbocycles. The number of aryl methyl sites for hydroxylation is 1. The number of unbranched alkanes of at least 4 members (excludes halogenated alkanes) is 1. The Bertz CT molecular complexity index is 1030. The lowest BCUT2D eigenvalue weighted by atomic mass is 10.1. The highest BCUT2D eigenvalue weighted by atomic mass is 16.3. The molecule has 0 aliphatic rings. The summed E-state index contributed by atoms with van der Waals surface area (Å²) in [7, 11) is 0. The van der Waals surface area contributed by atoms with Crippen LogP contribution in [0, 0.1) is 0 Å². The molecule has 180 valence electrons. The summed E-state index contributed by atoms with van der Waals surface area (Å²) < 4.78 is 5.57. The van der Waals surface area contributed by atoms with E-state index in [9.17, 15) is 9.59 Å². The van der Waals surface area contributed by atoms with Crippen LogP contribution in [-0.2, 0) is 17.8 Å². The summed E-state index contributed by atoms with van der Waals surface area (Å²) in [6.45, 7) is 6.14. The molecule has 0 aliphatic carbocycles. The Labute approximate surface area is 202 Å². The Morgan fingerprint density at radius 3 is 2.50 bits per heavy atom. The second kappa shape index (κ2) is 13.2. The van der Waals surface area contributed by atoms with Gasteiger partial charge in [0.2, 0.25) is 5.91 Å². The summed E-state index contributed by atoms with van der Waals surface area (Å²) in [4.78, 5) is 27.8. The van der Waals surface area contributed by atoms with Gasteiger partial charge in [-0.15, -0.1) is 0 Å². The zero-order chi connectivity index (χ0) is 24.2. The third-order valence-electron chi connectivity index (χ3n) is 5.59. The van der Waals surface area contributed by atoms with Gasteiger partial charge in [-0.3, -0.25) is 9.59 Å². The maximum atomic E-state index is 13.1. The number of nitrogens with one attached hydrogen (secondary N) is 2. The fourth-order valence-corrected chi connectivity index (χ4v) is 3.76. The Kier molecular flexibility index (Phi) is 9.77. The molecule has 0 aliphatic heterocycles. The monoisotopic (exact) mass is 461 g/mol. The van der Waals surface area contributed by atoms with Gasteiger partial charge in [0.25, 0.3) is 5.91 Å². The molecular weight excluding hydrogens is 426 g/mol. The molecule has 3 aromatic rings. The molecule has 2 N–H and O–H groups in total. The van der Waals surface area contributed by atoms with Crippen molar-refractivity contribution in [3.63, 3.8) is 0 Å². The van der Waals surface area contributed by atoms with E-state index in [1.54, 1.807) is 12.3 Å². The van der Waals surface area contributed by atoms with Gasteiger partial charge in [-0.1, -0.05) is 50.6 Å². The number of hydrogen-bond donors (Lipinski definition) is 2. The van der Waals surface area contributed by atoms with Crippen LogP contribution < -0.4 is 15.5 Å². The Morgan fingerprint density at radius 2 is 1.79 bits per heavy atom. The molecule has 1 heterocycles. The third kappa shape index (κ3) is 7.51. The van der Waals surface area contributed by atoms with Crippen LogP contribution in [-0.4, -0.2) is 24.9 Å². The predicted octanol–water partition coefficient (Wildman–Crippen LogP) is 5.80. The van der Waals surface area contributed by atoms with E-state index in [-0.39, 0.29) is 11.8 Å². The quantitative estimate of drug-likeness (QED) is 0.337. The normalized spacial score (nSPS) is 10.6. The average Bonchev–Trinajstić information content (AvgIpc) is 3.38. The summed E-state index contributed by atoms with van der Waals surface area (Å²) in [6.07, 6.45) is 5.60. The van der Waals surface area contributed by atoms with Crippen LogP contribution >= 0.6 is 0 Å². The van der Waals surface area contributed by atoms with Crippen molar-refractivity contribution in [2.24, 2.45) is 0 Å². The van der Waals surface area contributed by atoms with Gasteiger partial charge in [0, 0.05) is 25.2 Å². The van der Waals surface area contributed by atoms with Crippen LogP contribution in [0.3, 0.4) is 0 Å². The van der Waals surface area contributed by atoms with E-state index in [4.69, 9.17) is 4.42 Å². The van der Waals surface area contributed by atoms with Crippen molar-refractivity contribution >= 4 is 23.2 Å². The van der Waals surface area contributed by atoms with Crippen LogP contribution in [0.1, 0.15) is 61.2 Å². The van der Waals surface area contributed by atoms with Crippen molar-refractivity contribution < 1.29 is 14.0 Å². The van der Waals surface area contributed by atoms with Gasteiger partial charge in [-0.2, -0.15) is 0 Å². The van der Waals surface area contributed by atoms with Crippen LogP contribution in [0.2, 0.25) is 0 Å². The highest BCUT2D eigenvalue weighted by Gasteiger charge is 2.19. The molecule has 0 spiro atoms. The van der Waals surface area contributed by atoms with Crippen molar-refractivity contribution in [3.05, 3.63) is 83.8 Å². The van der Waals surface area contributed by atoms with Crippen LogP contribution in [0.4, 0.5) is 11.4 Å². The standard InChI is InChI=1S/C28H35N3O3/c1-3-5-18-31(21-24-12-9-19-34-24)26-15-14-23(20-25(26)28(33)29-17-4-2)30-27(32)16-13-22-10-7-6-8-11-22/h6-12,14-15,19-20H,3-5,13,16-18,21H2,1-2H3,(H,29,33)(H,30,32). The Hall–Kier alpha value is -3.54. The molecule has 0 saturated heterocycles. The first-order valence-corrected chi connectivity index (χ1v) is 12.1. The van der Waals surface area contributed by atoms with E-state index in [1.807, 2.05) is 61.5 Å². The minimum Gasteiger partial charge on any atom is -0.467 e. The molecule has 0 atom stereocenters. The molecule has 3 rings (SSSR count). The number of carbonyl (C=O) groups is 2. The molecule has 0 radical (unpaired) electrons. The van der Waals surface area contributed by atoms with E-state index in [0.29, 0.717) is 37.2 Å². The van der Waals surface area contributed by atoms with Gasteiger partial charge in [0.1, 0.15) is 5.76 Å². The summed E-state index contributed by atoms with van der Waals surface area (Å²) >= 11 is 0. The van der Waals surface area contributed by atoms with Crippen molar-refractivity contribution in [2.45, 2.75) is 52.5 Å². The van der Waals surface area contributed by atoms with Crippen LogP contribution in [0.25, 0.3) is 0 Å². The second-order valence-corrected chi connectivity index (χ2v) is 8.38. The van der Waals surface area contributed by atoms with Crippen molar-refractivity contribution in [2.75, 3.05) is 23.3 Å².